The van der Waals surface area contributed by atoms with Crippen LogP contribution >= 0.6 is 11.8 Å². The van der Waals surface area contributed by atoms with Crippen molar-refractivity contribution in [2.75, 3.05) is 13.1 Å². The van der Waals surface area contributed by atoms with Crippen molar-refractivity contribution in [3.8, 4) is 0 Å². The summed E-state index contributed by atoms with van der Waals surface area (Å²) in [6.45, 7) is 2.19. The third-order valence-electron chi connectivity index (χ3n) is 4.86. The minimum absolute atomic E-state index is 0.0719. The lowest BCUT2D eigenvalue weighted by molar-refractivity contribution is -0.124. The van der Waals surface area contributed by atoms with E-state index >= 15 is 0 Å². The molecule has 4 rings (SSSR count). The normalized spacial score (nSPS) is 15.3. The molecule has 0 unspecified atom stereocenters. The standard InChI is InChI=1S/C23H19FN2O4S/c1-14-2-7-18-16(13-30-19(18)10-14)12-21(27)25-8-9-26-22(28)20(31-23(26)29)11-15-3-5-17(24)6-4-15/h2-7,10-11,13H,8-9,12H2,1H3,(H,25,27)/b20-11+. The first-order valence-corrected chi connectivity index (χ1v) is 10.5. The van der Waals surface area contributed by atoms with Crippen LogP contribution in [0.5, 0.6) is 0 Å². The third kappa shape index (κ3) is 4.69. The minimum atomic E-state index is -0.426. The topological polar surface area (TPSA) is 79.6 Å². The van der Waals surface area contributed by atoms with Gasteiger partial charge in [0.1, 0.15) is 11.4 Å². The molecular weight excluding hydrogens is 419 g/mol. The summed E-state index contributed by atoms with van der Waals surface area (Å²) in [7, 11) is 0. The third-order valence-corrected chi connectivity index (χ3v) is 5.77. The first-order chi connectivity index (χ1) is 14.9. The fourth-order valence-corrected chi connectivity index (χ4v) is 4.14. The molecular formula is C23H19FN2O4S. The van der Waals surface area contributed by atoms with Crippen molar-refractivity contribution in [3.05, 3.63) is 76.1 Å². The number of halogens is 1. The molecule has 0 spiro atoms. The summed E-state index contributed by atoms with van der Waals surface area (Å²) in [5.74, 6) is -1.03. The molecule has 8 heteroatoms. The van der Waals surface area contributed by atoms with Crippen molar-refractivity contribution in [2.24, 2.45) is 0 Å². The van der Waals surface area contributed by atoms with Gasteiger partial charge in [-0.2, -0.15) is 0 Å². The number of furan rings is 1. The zero-order valence-electron chi connectivity index (χ0n) is 16.7. The van der Waals surface area contributed by atoms with Crippen molar-refractivity contribution in [1.82, 2.24) is 10.2 Å². The van der Waals surface area contributed by atoms with Gasteiger partial charge >= 0.3 is 0 Å². The molecule has 1 N–H and O–H groups in total. The molecule has 0 radical (unpaired) electrons. The Bertz CT molecular complexity index is 1200. The fraction of sp³-hybridized carbons (Fsp3) is 0.174. The number of aryl methyl sites for hydroxylation is 1. The van der Waals surface area contributed by atoms with Crippen molar-refractivity contribution < 1.29 is 23.2 Å². The predicted molar refractivity (Wildman–Crippen MR) is 117 cm³/mol. The van der Waals surface area contributed by atoms with Crippen molar-refractivity contribution >= 4 is 45.9 Å². The molecule has 0 bridgehead atoms. The fourth-order valence-electron chi connectivity index (χ4n) is 3.27. The Labute approximate surface area is 182 Å². The van der Waals surface area contributed by atoms with E-state index in [9.17, 15) is 18.8 Å². The van der Waals surface area contributed by atoms with E-state index in [-0.39, 0.29) is 36.1 Å². The Morgan fingerprint density at radius 1 is 1.19 bits per heavy atom. The number of carbonyl (C=O) groups is 3. The molecule has 3 amide bonds. The molecule has 1 fully saturated rings. The van der Waals surface area contributed by atoms with Gasteiger partial charge in [-0.1, -0.05) is 24.3 Å². The predicted octanol–water partition coefficient (Wildman–Crippen LogP) is 4.28. The van der Waals surface area contributed by atoms with Crippen LogP contribution in [0.15, 0.2) is 58.1 Å². The Balaban J connectivity index is 1.32. The van der Waals surface area contributed by atoms with Crippen LogP contribution in [-0.2, 0) is 16.0 Å². The van der Waals surface area contributed by atoms with Crippen molar-refractivity contribution in [1.29, 1.82) is 0 Å². The lowest BCUT2D eigenvalue weighted by Gasteiger charge is -2.12. The van der Waals surface area contributed by atoms with Gasteiger partial charge in [0.15, 0.2) is 0 Å². The van der Waals surface area contributed by atoms with Gasteiger partial charge in [0.05, 0.1) is 17.6 Å². The van der Waals surface area contributed by atoms with E-state index in [4.69, 9.17) is 4.42 Å². The molecule has 0 atom stereocenters. The smallest absolute Gasteiger partial charge is 0.293 e. The molecule has 0 saturated carbocycles. The van der Waals surface area contributed by atoms with Crippen LogP contribution in [0.4, 0.5) is 9.18 Å². The SMILES string of the molecule is Cc1ccc2c(CC(=O)NCCN3C(=O)S/C(=C/c4ccc(F)cc4)C3=O)coc2c1. The number of hydrogen-bond donors (Lipinski definition) is 1. The quantitative estimate of drug-likeness (QED) is 0.582. The van der Waals surface area contributed by atoms with Crippen molar-refractivity contribution in [2.45, 2.75) is 13.3 Å². The van der Waals surface area contributed by atoms with E-state index in [1.165, 1.54) is 24.3 Å². The van der Waals surface area contributed by atoms with Crippen LogP contribution in [0.1, 0.15) is 16.7 Å². The molecule has 2 heterocycles. The summed E-state index contributed by atoms with van der Waals surface area (Å²) in [6.07, 6.45) is 3.26. The second-order valence-electron chi connectivity index (χ2n) is 7.17. The number of amides is 3. The number of benzene rings is 2. The number of nitrogens with one attached hydrogen (secondary N) is 1. The number of rotatable bonds is 6. The average Bonchev–Trinajstić information content (AvgIpc) is 3.24. The largest absolute Gasteiger partial charge is 0.464 e. The molecule has 158 valence electrons. The maximum atomic E-state index is 13.0. The van der Waals surface area contributed by atoms with E-state index in [1.807, 2.05) is 25.1 Å². The van der Waals surface area contributed by atoms with Gasteiger partial charge in [-0.3, -0.25) is 19.3 Å². The summed E-state index contributed by atoms with van der Waals surface area (Å²) < 4.78 is 18.5. The van der Waals surface area contributed by atoms with E-state index in [2.05, 4.69) is 5.32 Å². The summed E-state index contributed by atoms with van der Waals surface area (Å²) in [5, 5.41) is 3.23. The highest BCUT2D eigenvalue weighted by Gasteiger charge is 2.34. The van der Waals surface area contributed by atoms with Crippen LogP contribution in [-0.4, -0.2) is 35.0 Å². The first-order valence-electron chi connectivity index (χ1n) is 9.65. The summed E-state index contributed by atoms with van der Waals surface area (Å²) in [4.78, 5) is 38.4. The Morgan fingerprint density at radius 2 is 1.97 bits per heavy atom. The van der Waals surface area contributed by atoms with Gasteiger partial charge in [-0.05, 0) is 54.1 Å². The van der Waals surface area contributed by atoms with E-state index in [1.54, 1.807) is 12.3 Å². The van der Waals surface area contributed by atoms with Crippen LogP contribution in [0.2, 0.25) is 0 Å². The summed E-state index contributed by atoms with van der Waals surface area (Å²) in [6, 6.07) is 11.4. The number of hydrogen-bond acceptors (Lipinski definition) is 5. The van der Waals surface area contributed by atoms with E-state index < -0.39 is 11.1 Å². The Kier molecular flexibility index (Phi) is 5.90. The summed E-state index contributed by atoms with van der Waals surface area (Å²) in [5.41, 5.74) is 3.21. The minimum Gasteiger partial charge on any atom is -0.464 e. The number of carbonyl (C=O) groups excluding carboxylic acids is 3. The zero-order chi connectivity index (χ0) is 22.0. The molecule has 2 aromatic carbocycles. The van der Waals surface area contributed by atoms with Gasteiger partial charge in [0.2, 0.25) is 5.91 Å². The number of nitrogens with zero attached hydrogens (tertiary/aromatic N) is 1. The molecule has 1 aliphatic rings. The molecule has 1 saturated heterocycles. The Morgan fingerprint density at radius 3 is 2.74 bits per heavy atom. The highest BCUT2D eigenvalue weighted by Crippen LogP contribution is 2.32. The monoisotopic (exact) mass is 438 g/mol. The lowest BCUT2D eigenvalue weighted by atomic mass is 10.1. The average molecular weight is 438 g/mol. The van der Waals surface area contributed by atoms with Crippen LogP contribution in [0.3, 0.4) is 0 Å². The van der Waals surface area contributed by atoms with Gasteiger partial charge in [0.25, 0.3) is 11.1 Å². The molecule has 3 aromatic rings. The highest BCUT2D eigenvalue weighted by molar-refractivity contribution is 8.18. The highest BCUT2D eigenvalue weighted by atomic mass is 32.2. The Hall–Kier alpha value is -3.39. The number of thioether (sulfide) groups is 1. The van der Waals surface area contributed by atoms with Gasteiger partial charge < -0.3 is 9.73 Å². The van der Waals surface area contributed by atoms with E-state index in [0.29, 0.717) is 5.56 Å². The summed E-state index contributed by atoms with van der Waals surface area (Å²) >= 11 is 0.826. The van der Waals surface area contributed by atoms with Crippen molar-refractivity contribution in [3.63, 3.8) is 0 Å². The maximum Gasteiger partial charge on any atom is 0.293 e. The van der Waals surface area contributed by atoms with Crippen LogP contribution < -0.4 is 5.32 Å². The van der Waals surface area contributed by atoms with E-state index in [0.717, 1.165) is 38.8 Å². The molecule has 31 heavy (non-hydrogen) atoms. The van der Waals surface area contributed by atoms with Gasteiger partial charge in [-0.25, -0.2) is 4.39 Å². The maximum absolute atomic E-state index is 13.0. The second-order valence-corrected chi connectivity index (χ2v) is 8.17. The molecule has 6 nitrogen and oxygen atoms in total. The van der Waals surface area contributed by atoms with Gasteiger partial charge in [0, 0.05) is 24.0 Å². The molecule has 1 aliphatic heterocycles. The first kappa shape index (κ1) is 20.9. The molecule has 0 aliphatic carbocycles. The zero-order valence-corrected chi connectivity index (χ0v) is 17.5. The van der Waals surface area contributed by atoms with Crippen LogP contribution in [0, 0.1) is 12.7 Å². The number of fused-ring (bicyclic) bond motifs is 1. The van der Waals surface area contributed by atoms with Crippen LogP contribution in [0.25, 0.3) is 17.0 Å². The second kappa shape index (κ2) is 8.77. The van der Waals surface area contributed by atoms with Gasteiger partial charge in [-0.15, -0.1) is 0 Å². The lowest BCUT2D eigenvalue weighted by Crippen LogP contribution is -2.37. The molecule has 1 aromatic heterocycles. The number of imide groups is 1.